The van der Waals surface area contributed by atoms with Crippen molar-refractivity contribution in [2.24, 2.45) is 0 Å². The molecule has 0 heterocycles. The number of hydrogen-bond donors (Lipinski definition) is 0. The molecular weight excluding hydrogens is 238 g/mol. The van der Waals surface area contributed by atoms with Crippen molar-refractivity contribution in [2.45, 2.75) is 32.3 Å². The first-order valence-corrected chi connectivity index (χ1v) is 6.80. The van der Waals surface area contributed by atoms with Crippen LogP contribution in [0, 0.1) is 0 Å². The number of nitrogens with zero attached hydrogens (tertiary/aromatic N) is 1. The molecule has 0 aliphatic rings. The van der Waals surface area contributed by atoms with Crippen LogP contribution in [0.1, 0.15) is 26.3 Å². The van der Waals surface area contributed by atoms with Gasteiger partial charge in [0.25, 0.3) is 0 Å². The van der Waals surface area contributed by atoms with Gasteiger partial charge in [0, 0.05) is 13.1 Å². The van der Waals surface area contributed by atoms with Gasteiger partial charge in [-0.2, -0.15) is 0 Å². The maximum absolute atomic E-state index is 11.5. The first kappa shape index (κ1) is 15.9. The fourth-order valence-electron chi connectivity index (χ4n) is 2.10. The van der Waals surface area contributed by atoms with E-state index in [0.717, 1.165) is 18.4 Å². The minimum Gasteiger partial charge on any atom is -0.377 e. The summed E-state index contributed by atoms with van der Waals surface area (Å²) in [5, 5.41) is 0. The van der Waals surface area contributed by atoms with Crippen LogP contribution in [0.15, 0.2) is 30.3 Å². The zero-order valence-electron chi connectivity index (χ0n) is 12.4. The molecule has 0 spiro atoms. The molecule has 0 aromatic heterocycles. The summed E-state index contributed by atoms with van der Waals surface area (Å²) < 4.78 is 5.54. The molecule has 106 valence electrons. The summed E-state index contributed by atoms with van der Waals surface area (Å²) in [6.07, 6.45) is 1.29. The predicted octanol–water partition coefficient (Wildman–Crippen LogP) is 2.50. The van der Waals surface area contributed by atoms with Crippen molar-refractivity contribution in [1.29, 1.82) is 0 Å². The molecule has 1 aromatic rings. The second kappa shape index (κ2) is 7.41. The summed E-state index contributed by atoms with van der Waals surface area (Å²) >= 11 is 0. The molecule has 1 unspecified atom stereocenters. The van der Waals surface area contributed by atoms with E-state index in [2.05, 4.69) is 4.90 Å². The van der Waals surface area contributed by atoms with Gasteiger partial charge in [-0.05, 0) is 33.4 Å². The average Bonchev–Trinajstić information content (AvgIpc) is 2.39. The molecule has 0 N–H and O–H groups in total. The molecule has 3 nitrogen and oxygen atoms in total. The van der Waals surface area contributed by atoms with Crippen LogP contribution in [-0.2, 0) is 14.9 Å². The van der Waals surface area contributed by atoms with E-state index in [0.29, 0.717) is 13.2 Å². The van der Waals surface area contributed by atoms with Gasteiger partial charge < -0.3 is 14.4 Å². The second-order valence-electron chi connectivity index (χ2n) is 5.56. The fourth-order valence-corrected chi connectivity index (χ4v) is 2.10. The summed E-state index contributed by atoms with van der Waals surface area (Å²) in [5.41, 5.74) is 0.593. The Hall–Kier alpha value is -1.19. The predicted molar refractivity (Wildman–Crippen MR) is 78.4 cm³/mol. The van der Waals surface area contributed by atoms with E-state index < -0.39 is 5.41 Å². The molecule has 0 bridgehead atoms. The normalized spacial score (nSPS) is 14.6. The lowest BCUT2D eigenvalue weighted by atomic mass is 9.83. The topological polar surface area (TPSA) is 29.5 Å². The van der Waals surface area contributed by atoms with Crippen molar-refractivity contribution in [3.63, 3.8) is 0 Å². The Morgan fingerprint density at radius 3 is 2.47 bits per heavy atom. The Balaban J connectivity index is 2.58. The second-order valence-corrected chi connectivity index (χ2v) is 5.56. The van der Waals surface area contributed by atoms with Crippen molar-refractivity contribution in [3.05, 3.63) is 35.9 Å². The first-order valence-electron chi connectivity index (χ1n) is 6.80. The van der Waals surface area contributed by atoms with Gasteiger partial charge in [-0.3, -0.25) is 0 Å². The molecule has 0 radical (unpaired) electrons. The number of ether oxygens (including phenoxy) is 1. The van der Waals surface area contributed by atoms with E-state index in [1.807, 2.05) is 58.2 Å². The minimum atomic E-state index is -0.464. The molecule has 19 heavy (non-hydrogen) atoms. The third-order valence-corrected chi connectivity index (χ3v) is 3.22. The van der Waals surface area contributed by atoms with E-state index in [1.165, 1.54) is 0 Å². The Kier molecular flexibility index (Phi) is 6.19. The minimum absolute atomic E-state index is 0.250. The molecular formula is C16H25NO2. The van der Waals surface area contributed by atoms with Crippen LogP contribution in [0.2, 0.25) is 0 Å². The van der Waals surface area contributed by atoms with Gasteiger partial charge in [-0.15, -0.1) is 0 Å². The van der Waals surface area contributed by atoms with Crippen LogP contribution in [0.4, 0.5) is 0 Å². The Morgan fingerprint density at radius 1 is 1.32 bits per heavy atom. The number of carbonyl (C=O) groups is 1. The summed E-state index contributed by atoms with van der Waals surface area (Å²) in [4.78, 5) is 13.6. The maximum Gasteiger partial charge on any atom is 0.131 e. The smallest absolute Gasteiger partial charge is 0.131 e. The van der Waals surface area contributed by atoms with Crippen molar-refractivity contribution in [1.82, 2.24) is 4.90 Å². The average molecular weight is 263 g/mol. The third-order valence-electron chi connectivity index (χ3n) is 3.22. The monoisotopic (exact) mass is 263 g/mol. The number of rotatable bonds is 8. The van der Waals surface area contributed by atoms with Crippen LogP contribution in [0.5, 0.6) is 0 Å². The summed E-state index contributed by atoms with van der Waals surface area (Å²) in [6, 6.07) is 9.92. The van der Waals surface area contributed by atoms with Gasteiger partial charge in [-0.25, -0.2) is 0 Å². The molecule has 0 aliphatic carbocycles. The molecule has 1 rings (SSSR count). The lowest BCUT2D eigenvalue weighted by molar-refractivity contribution is -0.112. The van der Waals surface area contributed by atoms with Crippen LogP contribution >= 0.6 is 0 Å². The third kappa shape index (κ3) is 5.13. The quantitative estimate of drug-likeness (QED) is 0.675. The summed E-state index contributed by atoms with van der Waals surface area (Å²) in [5.74, 6) is 0. The van der Waals surface area contributed by atoms with E-state index in [4.69, 9.17) is 4.74 Å². The van der Waals surface area contributed by atoms with Crippen LogP contribution in [-0.4, -0.2) is 44.0 Å². The Morgan fingerprint density at radius 2 is 1.95 bits per heavy atom. The van der Waals surface area contributed by atoms with Gasteiger partial charge in [0.2, 0.25) is 0 Å². The van der Waals surface area contributed by atoms with E-state index in [1.54, 1.807) is 0 Å². The standard InChI is InChI=1S/C16H25NO2/c1-14(2)19-11-10-17(4)12-16(3,13-18)15-8-6-5-7-9-15/h5-9,13-14H,10-12H2,1-4H3. The van der Waals surface area contributed by atoms with Crippen molar-refractivity contribution in [3.8, 4) is 0 Å². The fraction of sp³-hybridized carbons (Fsp3) is 0.562. The lowest BCUT2D eigenvalue weighted by Crippen LogP contribution is -2.39. The first-order chi connectivity index (χ1) is 8.98. The molecule has 1 atom stereocenters. The number of benzene rings is 1. The van der Waals surface area contributed by atoms with Gasteiger partial charge in [0.05, 0.1) is 18.1 Å². The number of aldehydes is 1. The SMILES string of the molecule is CC(C)OCCN(C)CC(C)(C=O)c1ccccc1. The molecule has 0 amide bonds. The van der Waals surface area contributed by atoms with Gasteiger partial charge in [0.1, 0.15) is 6.29 Å². The highest BCUT2D eigenvalue weighted by atomic mass is 16.5. The van der Waals surface area contributed by atoms with Crippen LogP contribution in [0.3, 0.4) is 0 Å². The van der Waals surface area contributed by atoms with Crippen molar-refractivity contribution >= 4 is 6.29 Å². The largest absolute Gasteiger partial charge is 0.377 e. The van der Waals surface area contributed by atoms with E-state index in [-0.39, 0.29) is 6.10 Å². The van der Waals surface area contributed by atoms with Crippen molar-refractivity contribution in [2.75, 3.05) is 26.7 Å². The molecule has 0 aliphatic heterocycles. The van der Waals surface area contributed by atoms with Crippen LogP contribution < -0.4 is 0 Å². The molecule has 0 fully saturated rings. The Labute approximate surface area is 116 Å². The van der Waals surface area contributed by atoms with Gasteiger partial charge in [-0.1, -0.05) is 30.3 Å². The van der Waals surface area contributed by atoms with E-state index >= 15 is 0 Å². The summed E-state index contributed by atoms with van der Waals surface area (Å²) in [7, 11) is 2.02. The van der Waals surface area contributed by atoms with Crippen molar-refractivity contribution < 1.29 is 9.53 Å². The highest BCUT2D eigenvalue weighted by Gasteiger charge is 2.27. The molecule has 0 saturated carbocycles. The highest BCUT2D eigenvalue weighted by molar-refractivity contribution is 5.68. The lowest BCUT2D eigenvalue weighted by Gasteiger charge is -2.29. The number of likely N-dealkylation sites (N-methyl/N-ethyl adjacent to an activating group) is 1. The number of carbonyl (C=O) groups excluding carboxylic acids is 1. The Bertz CT molecular complexity index is 378. The van der Waals surface area contributed by atoms with Gasteiger partial charge >= 0.3 is 0 Å². The number of hydrogen-bond acceptors (Lipinski definition) is 3. The summed E-state index contributed by atoms with van der Waals surface area (Å²) in [6.45, 7) is 8.25. The molecule has 1 aromatic carbocycles. The molecule has 3 heteroatoms. The van der Waals surface area contributed by atoms with Gasteiger partial charge in [0.15, 0.2) is 0 Å². The molecule has 0 saturated heterocycles. The van der Waals surface area contributed by atoms with E-state index in [9.17, 15) is 4.79 Å². The maximum atomic E-state index is 11.5. The zero-order chi connectivity index (χ0) is 14.3. The zero-order valence-corrected chi connectivity index (χ0v) is 12.4. The highest BCUT2D eigenvalue weighted by Crippen LogP contribution is 2.22. The van der Waals surface area contributed by atoms with Crippen LogP contribution in [0.25, 0.3) is 0 Å².